The number of rotatable bonds is 0. The van der Waals surface area contributed by atoms with Gasteiger partial charge in [0, 0.05) is 11.8 Å². The molecule has 5 heteroatoms. The second-order valence-corrected chi connectivity index (χ2v) is 5.89. The molecule has 2 heterocycles. The van der Waals surface area contributed by atoms with E-state index in [1.54, 1.807) is 23.7 Å². The first kappa shape index (κ1) is 9.27. The number of likely N-dealkylation sites (N-methyl/N-ethyl adjacent to an activating group) is 1. The van der Waals surface area contributed by atoms with Crippen LogP contribution < -0.4 is 0 Å². The van der Waals surface area contributed by atoms with E-state index in [4.69, 9.17) is 12.2 Å². The summed E-state index contributed by atoms with van der Waals surface area (Å²) >= 11 is 6.97. The number of fused-ring (bicyclic) bond motifs is 1. The minimum Gasteiger partial charge on any atom is -0.326 e. The van der Waals surface area contributed by atoms with Crippen molar-refractivity contribution in [3.63, 3.8) is 0 Å². The topological polar surface area (TPSA) is 23.6 Å². The van der Waals surface area contributed by atoms with Crippen molar-refractivity contribution < 1.29 is 4.79 Å². The monoisotopic (exact) mass is 216 g/mol. The lowest BCUT2D eigenvalue weighted by Crippen LogP contribution is -2.41. The van der Waals surface area contributed by atoms with Crippen LogP contribution in [0, 0.1) is 0 Å². The Kier molecular flexibility index (Phi) is 1.86. The second kappa shape index (κ2) is 2.60. The van der Waals surface area contributed by atoms with E-state index in [2.05, 4.69) is 13.8 Å². The van der Waals surface area contributed by atoms with Gasteiger partial charge in [0.25, 0.3) is 5.91 Å². The first-order valence-electron chi connectivity index (χ1n) is 4.17. The molecule has 0 aromatic carbocycles. The molecule has 0 N–H and O–H groups in total. The van der Waals surface area contributed by atoms with Crippen molar-refractivity contribution in [3.8, 4) is 0 Å². The van der Waals surface area contributed by atoms with Crippen LogP contribution in [0.25, 0.3) is 0 Å². The summed E-state index contributed by atoms with van der Waals surface area (Å²) in [4.78, 5) is 15.4. The smallest absolute Gasteiger partial charge is 0.252 e. The number of amides is 1. The van der Waals surface area contributed by atoms with E-state index in [1.165, 1.54) is 0 Å². The van der Waals surface area contributed by atoms with Crippen LogP contribution in [0.5, 0.6) is 0 Å². The number of nitrogens with zero attached hydrogens (tertiary/aromatic N) is 2. The van der Waals surface area contributed by atoms with Crippen molar-refractivity contribution in [3.05, 3.63) is 0 Å². The summed E-state index contributed by atoms with van der Waals surface area (Å²) < 4.78 is -0.00803. The Labute approximate surface area is 87.4 Å². The number of thiocarbonyl (C=S) groups is 1. The lowest BCUT2D eigenvalue weighted by molar-refractivity contribution is -0.127. The third kappa shape index (κ3) is 1.10. The summed E-state index contributed by atoms with van der Waals surface area (Å²) in [5, 5.41) is 0.674. The van der Waals surface area contributed by atoms with Gasteiger partial charge in [0.15, 0.2) is 5.11 Å². The standard InChI is InChI=1S/C8H12N2OS2/c1-8(2)5-6(11)9(3)7(12)10(5)4-13-8/h5H,4H2,1-3H3/t5-/m0/s1. The highest BCUT2D eigenvalue weighted by Crippen LogP contribution is 2.43. The molecule has 2 saturated heterocycles. The van der Waals surface area contributed by atoms with Crippen LogP contribution in [-0.4, -0.2) is 44.5 Å². The van der Waals surface area contributed by atoms with Crippen LogP contribution in [-0.2, 0) is 4.79 Å². The number of carbonyl (C=O) groups is 1. The van der Waals surface area contributed by atoms with E-state index >= 15 is 0 Å². The Morgan fingerprint density at radius 2 is 2.23 bits per heavy atom. The summed E-state index contributed by atoms with van der Waals surface area (Å²) in [5.41, 5.74) is 0. The van der Waals surface area contributed by atoms with Crippen molar-refractivity contribution in [2.75, 3.05) is 12.9 Å². The zero-order valence-corrected chi connectivity index (χ0v) is 9.54. The molecule has 72 valence electrons. The van der Waals surface area contributed by atoms with Gasteiger partial charge in [0.1, 0.15) is 6.04 Å². The van der Waals surface area contributed by atoms with Crippen LogP contribution in [0.4, 0.5) is 0 Å². The van der Waals surface area contributed by atoms with Crippen molar-refractivity contribution in [1.29, 1.82) is 0 Å². The minimum absolute atomic E-state index is 0.00803. The molecule has 1 amide bonds. The van der Waals surface area contributed by atoms with Crippen molar-refractivity contribution >= 4 is 35.0 Å². The van der Waals surface area contributed by atoms with Gasteiger partial charge in [-0.15, -0.1) is 11.8 Å². The molecule has 0 radical (unpaired) electrons. The molecule has 0 unspecified atom stereocenters. The van der Waals surface area contributed by atoms with E-state index in [-0.39, 0.29) is 16.7 Å². The van der Waals surface area contributed by atoms with Crippen molar-refractivity contribution in [2.45, 2.75) is 24.6 Å². The number of carbonyl (C=O) groups excluding carboxylic acids is 1. The van der Waals surface area contributed by atoms with E-state index in [1.807, 2.05) is 4.90 Å². The molecule has 2 aliphatic rings. The summed E-state index contributed by atoms with van der Waals surface area (Å²) in [6.07, 6.45) is 0. The number of thioether (sulfide) groups is 1. The number of hydrogen-bond donors (Lipinski definition) is 0. The molecule has 0 aromatic heterocycles. The van der Waals surface area contributed by atoms with Gasteiger partial charge in [0.2, 0.25) is 0 Å². The molecule has 1 atom stereocenters. The van der Waals surface area contributed by atoms with Gasteiger partial charge >= 0.3 is 0 Å². The first-order valence-corrected chi connectivity index (χ1v) is 5.56. The SMILES string of the molecule is CN1C(=O)[C@@H]2N(CSC2(C)C)C1=S. The van der Waals surface area contributed by atoms with E-state index < -0.39 is 0 Å². The first-order chi connectivity index (χ1) is 5.95. The van der Waals surface area contributed by atoms with Gasteiger partial charge < -0.3 is 4.90 Å². The van der Waals surface area contributed by atoms with E-state index in [9.17, 15) is 4.79 Å². The average molecular weight is 216 g/mol. The fourth-order valence-electron chi connectivity index (χ4n) is 1.83. The Bertz CT molecular complexity index is 290. The van der Waals surface area contributed by atoms with Crippen molar-refractivity contribution in [1.82, 2.24) is 9.80 Å². The lowest BCUT2D eigenvalue weighted by Gasteiger charge is -2.22. The van der Waals surface area contributed by atoms with Gasteiger partial charge in [-0.3, -0.25) is 9.69 Å². The second-order valence-electron chi connectivity index (χ2n) is 3.93. The van der Waals surface area contributed by atoms with Crippen LogP contribution >= 0.6 is 24.0 Å². The van der Waals surface area contributed by atoms with Crippen LogP contribution in [0.2, 0.25) is 0 Å². The summed E-state index contributed by atoms with van der Waals surface area (Å²) in [7, 11) is 1.75. The van der Waals surface area contributed by atoms with Gasteiger partial charge in [0.05, 0.1) is 5.88 Å². The molecule has 0 bridgehead atoms. The van der Waals surface area contributed by atoms with E-state index in [0.29, 0.717) is 5.11 Å². The molecule has 0 aliphatic carbocycles. The maximum atomic E-state index is 11.8. The van der Waals surface area contributed by atoms with Gasteiger partial charge in [-0.1, -0.05) is 0 Å². The largest absolute Gasteiger partial charge is 0.326 e. The minimum atomic E-state index is -0.0463. The quantitative estimate of drug-likeness (QED) is 0.561. The molecule has 3 nitrogen and oxygen atoms in total. The maximum Gasteiger partial charge on any atom is 0.252 e. The lowest BCUT2D eigenvalue weighted by atomic mass is 10.0. The fraction of sp³-hybridized carbons (Fsp3) is 0.750. The Hall–Kier alpha value is -0.290. The van der Waals surface area contributed by atoms with Gasteiger partial charge in [-0.05, 0) is 26.1 Å². The van der Waals surface area contributed by atoms with Gasteiger partial charge in [-0.25, -0.2) is 0 Å². The molecule has 2 aliphatic heterocycles. The molecule has 2 fully saturated rings. The third-order valence-electron chi connectivity index (χ3n) is 2.64. The molecule has 2 rings (SSSR count). The van der Waals surface area contributed by atoms with Crippen molar-refractivity contribution in [2.24, 2.45) is 0 Å². The Morgan fingerprint density at radius 1 is 1.62 bits per heavy atom. The van der Waals surface area contributed by atoms with E-state index in [0.717, 1.165) is 5.88 Å². The summed E-state index contributed by atoms with van der Waals surface area (Å²) in [6, 6.07) is -0.0463. The maximum absolute atomic E-state index is 11.8. The third-order valence-corrected chi connectivity index (χ3v) is 4.53. The van der Waals surface area contributed by atoms with Crippen LogP contribution in [0.1, 0.15) is 13.8 Å². The zero-order valence-electron chi connectivity index (χ0n) is 7.90. The van der Waals surface area contributed by atoms with Gasteiger partial charge in [-0.2, -0.15) is 0 Å². The molecule has 13 heavy (non-hydrogen) atoms. The average Bonchev–Trinajstić information content (AvgIpc) is 2.46. The molecular formula is C8H12N2OS2. The molecular weight excluding hydrogens is 204 g/mol. The highest BCUT2D eigenvalue weighted by molar-refractivity contribution is 8.01. The number of hydrogen-bond acceptors (Lipinski definition) is 3. The normalized spacial score (nSPS) is 31.5. The Morgan fingerprint density at radius 3 is 2.77 bits per heavy atom. The molecule has 0 spiro atoms. The molecule has 0 aromatic rings. The zero-order chi connectivity index (χ0) is 9.80. The van der Waals surface area contributed by atoms with Crippen LogP contribution in [0.15, 0.2) is 0 Å². The highest BCUT2D eigenvalue weighted by Gasteiger charge is 2.53. The highest BCUT2D eigenvalue weighted by atomic mass is 32.2. The fourth-order valence-corrected chi connectivity index (χ4v) is 3.30. The summed E-state index contributed by atoms with van der Waals surface area (Å²) in [6.45, 7) is 4.20. The summed E-state index contributed by atoms with van der Waals surface area (Å²) in [5.74, 6) is 0.979. The predicted octanol–water partition coefficient (Wildman–Crippen LogP) is 0.897. The molecule has 0 saturated carbocycles. The van der Waals surface area contributed by atoms with Crippen LogP contribution in [0.3, 0.4) is 0 Å². The predicted molar refractivity (Wildman–Crippen MR) is 57.5 cm³/mol. The Balaban J connectivity index is 2.38.